The van der Waals surface area contributed by atoms with Crippen molar-refractivity contribution in [3.8, 4) is 0 Å². The van der Waals surface area contributed by atoms with Crippen LogP contribution in [0.2, 0.25) is 0 Å². The number of carboxylic acids is 2. The van der Waals surface area contributed by atoms with Gasteiger partial charge in [0.05, 0.1) is 0 Å². The van der Waals surface area contributed by atoms with E-state index in [0.29, 0.717) is 5.92 Å². The van der Waals surface area contributed by atoms with Gasteiger partial charge in [-0.25, -0.2) is 19.6 Å². The van der Waals surface area contributed by atoms with Gasteiger partial charge in [-0.2, -0.15) is 26.3 Å². The Hall–Kier alpha value is -2.44. The molecule has 3 N–H and O–H groups in total. The molecule has 0 bridgehead atoms. The molecular weight excluding hydrogens is 376 g/mol. The first-order chi connectivity index (χ1) is 11.6. The van der Waals surface area contributed by atoms with Crippen LogP contribution in [0.5, 0.6) is 0 Å². The van der Waals surface area contributed by atoms with Crippen LogP contribution in [0.1, 0.15) is 23.1 Å². The molecule has 0 atom stereocenters. The molecule has 1 aliphatic heterocycles. The predicted molar refractivity (Wildman–Crippen MR) is 74.5 cm³/mol. The van der Waals surface area contributed by atoms with Crippen LogP contribution >= 0.6 is 0 Å². The average Bonchev–Trinajstić information content (AvgIpc) is 2.34. The molecule has 1 fully saturated rings. The van der Waals surface area contributed by atoms with Gasteiger partial charge in [-0.3, -0.25) is 0 Å². The molecule has 0 radical (unpaired) electrons. The maximum Gasteiger partial charge on any atom is 0.490 e. The van der Waals surface area contributed by atoms with Crippen LogP contribution in [0, 0.1) is 13.8 Å². The van der Waals surface area contributed by atoms with E-state index in [2.05, 4.69) is 15.3 Å². The lowest BCUT2D eigenvalue weighted by atomic mass is 10.0. The van der Waals surface area contributed by atoms with Crippen LogP contribution in [-0.4, -0.2) is 57.6 Å². The summed E-state index contributed by atoms with van der Waals surface area (Å²) < 4.78 is 63.5. The molecule has 26 heavy (non-hydrogen) atoms. The van der Waals surface area contributed by atoms with Crippen molar-refractivity contribution in [1.82, 2.24) is 15.3 Å². The molecule has 0 aliphatic carbocycles. The van der Waals surface area contributed by atoms with Crippen molar-refractivity contribution in [3.63, 3.8) is 0 Å². The van der Waals surface area contributed by atoms with Crippen LogP contribution in [0.25, 0.3) is 0 Å². The molecule has 1 aliphatic rings. The van der Waals surface area contributed by atoms with E-state index in [4.69, 9.17) is 19.8 Å². The summed E-state index contributed by atoms with van der Waals surface area (Å²) in [6, 6.07) is 2.01. The van der Waals surface area contributed by atoms with E-state index < -0.39 is 24.3 Å². The summed E-state index contributed by atoms with van der Waals surface area (Å²) in [5, 5.41) is 17.5. The van der Waals surface area contributed by atoms with Gasteiger partial charge in [0, 0.05) is 30.4 Å². The number of hydrogen-bond acceptors (Lipinski definition) is 5. The normalized spacial score (nSPS) is 14.2. The van der Waals surface area contributed by atoms with Crippen molar-refractivity contribution < 1.29 is 46.1 Å². The Balaban J connectivity index is 0.000000390. The number of hydrogen-bond donors (Lipinski definition) is 3. The summed E-state index contributed by atoms with van der Waals surface area (Å²) in [6.45, 7) is 6.10. The first kappa shape index (κ1) is 23.6. The average molecular weight is 391 g/mol. The molecule has 0 spiro atoms. The highest BCUT2D eigenvalue weighted by atomic mass is 19.4. The second-order valence-corrected chi connectivity index (χ2v) is 4.97. The minimum atomic E-state index is -5.08. The summed E-state index contributed by atoms with van der Waals surface area (Å²) in [5.74, 6) is -3.96. The highest BCUT2D eigenvalue weighted by molar-refractivity contribution is 5.73. The number of nitrogens with zero attached hydrogens (tertiary/aromatic N) is 2. The lowest BCUT2D eigenvalue weighted by Crippen LogP contribution is -2.41. The number of alkyl halides is 6. The molecule has 1 saturated heterocycles. The van der Waals surface area contributed by atoms with Crippen LogP contribution in [0.3, 0.4) is 0 Å². The number of aryl methyl sites for hydroxylation is 2. The van der Waals surface area contributed by atoms with E-state index in [1.54, 1.807) is 0 Å². The van der Waals surface area contributed by atoms with Gasteiger partial charge in [-0.05, 0) is 19.9 Å². The van der Waals surface area contributed by atoms with Crippen molar-refractivity contribution in [3.05, 3.63) is 23.3 Å². The number of carbonyl (C=O) groups is 2. The lowest BCUT2D eigenvalue weighted by Gasteiger charge is -2.25. The van der Waals surface area contributed by atoms with E-state index in [-0.39, 0.29) is 0 Å². The van der Waals surface area contributed by atoms with Crippen LogP contribution in [-0.2, 0) is 9.59 Å². The Bertz CT molecular complexity index is 585. The van der Waals surface area contributed by atoms with Crippen LogP contribution < -0.4 is 5.32 Å². The van der Waals surface area contributed by atoms with Gasteiger partial charge in [0.2, 0.25) is 0 Å². The molecule has 13 heteroatoms. The largest absolute Gasteiger partial charge is 0.490 e. The zero-order valence-electron chi connectivity index (χ0n) is 13.4. The van der Waals surface area contributed by atoms with E-state index in [9.17, 15) is 26.3 Å². The van der Waals surface area contributed by atoms with Crippen molar-refractivity contribution in [2.45, 2.75) is 32.1 Å². The molecule has 0 aromatic carbocycles. The van der Waals surface area contributed by atoms with Gasteiger partial charge in [0.15, 0.2) is 0 Å². The summed E-state index contributed by atoms with van der Waals surface area (Å²) in [7, 11) is 0. The molecule has 7 nitrogen and oxygen atoms in total. The Morgan fingerprint density at radius 1 is 0.962 bits per heavy atom. The molecule has 0 unspecified atom stereocenters. The first-order valence-electron chi connectivity index (χ1n) is 6.77. The van der Waals surface area contributed by atoms with Gasteiger partial charge < -0.3 is 15.5 Å². The molecule has 0 amide bonds. The van der Waals surface area contributed by atoms with Gasteiger partial charge in [-0.15, -0.1) is 0 Å². The van der Waals surface area contributed by atoms with Crippen molar-refractivity contribution in [1.29, 1.82) is 0 Å². The number of rotatable bonds is 1. The predicted octanol–water partition coefficient (Wildman–Crippen LogP) is 2.05. The van der Waals surface area contributed by atoms with Gasteiger partial charge >= 0.3 is 24.3 Å². The maximum atomic E-state index is 10.6. The number of aromatic nitrogens is 2. The summed E-state index contributed by atoms with van der Waals surface area (Å²) in [6.07, 6.45) is -10.2. The molecule has 148 valence electrons. The third-order valence-electron chi connectivity index (χ3n) is 2.63. The van der Waals surface area contributed by atoms with Crippen LogP contribution in [0.15, 0.2) is 6.07 Å². The minimum Gasteiger partial charge on any atom is -0.475 e. The topological polar surface area (TPSA) is 112 Å². The van der Waals surface area contributed by atoms with E-state index in [0.717, 1.165) is 30.3 Å². The van der Waals surface area contributed by atoms with Gasteiger partial charge in [0.1, 0.15) is 5.82 Å². The molecule has 1 aromatic heterocycles. The maximum absolute atomic E-state index is 10.6. The van der Waals surface area contributed by atoms with Gasteiger partial charge in [-0.1, -0.05) is 0 Å². The molecule has 0 saturated carbocycles. The second-order valence-electron chi connectivity index (χ2n) is 4.97. The highest BCUT2D eigenvalue weighted by Crippen LogP contribution is 2.16. The quantitative estimate of drug-likeness (QED) is 0.628. The fraction of sp³-hybridized carbons (Fsp3) is 0.538. The zero-order valence-corrected chi connectivity index (χ0v) is 13.4. The number of nitrogens with one attached hydrogen (secondary N) is 1. The number of carboxylic acid groups (broad SMARTS) is 2. The lowest BCUT2D eigenvalue weighted by molar-refractivity contribution is -0.193. The third kappa shape index (κ3) is 9.15. The van der Waals surface area contributed by atoms with E-state index in [1.165, 1.54) is 0 Å². The van der Waals surface area contributed by atoms with E-state index >= 15 is 0 Å². The zero-order chi connectivity index (χ0) is 20.7. The summed E-state index contributed by atoms with van der Waals surface area (Å²) in [5.41, 5.74) is 2.15. The van der Waals surface area contributed by atoms with Gasteiger partial charge in [0.25, 0.3) is 0 Å². The van der Waals surface area contributed by atoms with Crippen molar-refractivity contribution >= 4 is 11.9 Å². The fourth-order valence-electron chi connectivity index (χ4n) is 1.41. The monoisotopic (exact) mass is 391 g/mol. The third-order valence-corrected chi connectivity index (χ3v) is 2.63. The Kier molecular flexibility index (Phi) is 8.44. The molecule has 1 aromatic rings. The standard InChI is InChI=1S/C9H13N3.2C2HF3O2/c1-6-3-7(2)12-9(11-6)8-4-10-5-8;2*3-2(4,5)1(6)7/h3,8,10H,4-5H2,1-2H3;2*(H,6,7). The minimum absolute atomic E-state index is 0.545. The second kappa shape index (κ2) is 9.31. The fourth-order valence-corrected chi connectivity index (χ4v) is 1.41. The molecule has 2 heterocycles. The van der Waals surface area contributed by atoms with E-state index in [1.807, 2.05) is 19.9 Å². The Morgan fingerprint density at radius 3 is 1.46 bits per heavy atom. The Labute approximate surface area is 143 Å². The molecular formula is C13H15F6N3O4. The smallest absolute Gasteiger partial charge is 0.475 e. The highest BCUT2D eigenvalue weighted by Gasteiger charge is 2.38. The first-order valence-corrected chi connectivity index (χ1v) is 6.77. The molecule has 2 rings (SSSR count). The number of aliphatic carboxylic acids is 2. The SMILES string of the molecule is Cc1cc(C)nc(C2CNC2)n1.O=C(O)C(F)(F)F.O=C(O)C(F)(F)F. The Morgan fingerprint density at radius 2 is 1.27 bits per heavy atom. The van der Waals surface area contributed by atoms with Crippen molar-refractivity contribution in [2.75, 3.05) is 13.1 Å². The number of halogens is 6. The van der Waals surface area contributed by atoms with Crippen molar-refractivity contribution in [2.24, 2.45) is 0 Å². The summed E-state index contributed by atoms with van der Waals surface area (Å²) in [4.78, 5) is 26.6. The van der Waals surface area contributed by atoms with Crippen LogP contribution in [0.4, 0.5) is 26.3 Å². The summed E-state index contributed by atoms with van der Waals surface area (Å²) >= 11 is 0.